The topological polar surface area (TPSA) is 144 Å². The first-order valence-electron chi connectivity index (χ1n) is 12.1. The van der Waals surface area contributed by atoms with E-state index in [0.717, 1.165) is 29.8 Å². The number of aliphatic hydroxyl groups is 1. The van der Waals surface area contributed by atoms with Crippen molar-refractivity contribution in [3.05, 3.63) is 24.3 Å². The standard InChI is InChI=1S/C23H34N2O9S/c1-2-19(24-23(28)33-21-14-32-22-18(21)10-11-31-22)20(27)13-25(34-16-7-3-4-8-16)35(29,30)17-9-5-6-15(26)12-17/h5-6,9,12,16,18-22,26-27H,2-4,7-8,10-11,13-14H2,1H3,(H,24,28)/t18-,19?,20+,21-,22+/m0/s1. The molecule has 1 unspecified atom stereocenters. The van der Waals surface area contributed by atoms with Gasteiger partial charge in [0, 0.05) is 0 Å². The number of benzene rings is 1. The van der Waals surface area contributed by atoms with Crippen LogP contribution < -0.4 is 5.32 Å². The molecule has 2 aliphatic heterocycles. The van der Waals surface area contributed by atoms with Crippen molar-refractivity contribution in [3.8, 4) is 5.75 Å². The van der Waals surface area contributed by atoms with E-state index in [1.807, 2.05) is 0 Å². The number of hydrogen-bond donors (Lipinski definition) is 3. The second kappa shape index (κ2) is 11.4. The van der Waals surface area contributed by atoms with Crippen molar-refractivity contribution in [1.29, 1.82) is 0 Å². The Kier molecular flexibility index (Phi) is 8.50. The largest absolute Gasteiger partial charge is 0.508 e. The molecule has 196 valence electrons. The number of phenolic OH excluding ortho intramolecular Hbond substituents is 1. The first kappa shape index (κ1) is 26.1. The molecule has 3 fully saturated rings. The van der Waals surface area contributed by atoms with Crippen LogP contribution in [0.25, 0.3) is 0 Å². The Hall–Kier alpha value is -1.96. The molecule has 0 spiro atoms. The Morgan fingerprint density at radius 2 is 2.03 bits per heavy atom. The van der Waals surface area contributed by atoms with Crippen molar-refractivity contribution in [2.75, 3.05) is 19.8 Å². The summed E-state index contributed by atoms with van der Waals surface area (Å²) >= 11 is 0. The smallest absolute Gasteiger partial charge is 0.407 e. The van der Waals surface area contributed by atoms with Gasteiger partial charge in [0.25, 0.3) is 10.0 Å². The van der Waals surface area contributed by atoms with Crippen LogP contribution in [-0.2, 0) is 29.1 Å². The fourth-order valence-corrected chi connectivity index (χ4v) is 6.08. The number of sulfonamides is 1. The van der Waals surface area contributed by atoms with E-state index in [2.05, 4.69) is 5.32 Å². The van der Waals surface area contributed by atoms with Gasteiger partial charge in [-0.05, 0) is 43.9 Å². The molecular formula is C23H34N2O9S. The van der Waals surface area contributed by atoms with Crippen LogP contribution in [0.2, 0.25) is 0 Å². The Morgan fingerprint density at radius 1 is 1.26 bits per heavy atom. The summed E-state index contributed by atoms with van der Waals surface area (Å²) in [4.78, 5) is 18.2. The predicted octanol–water partition coefficient (Wildman–Crippen LogP) is 1.88. The maximum atomic E-state index is 13.3. The maximum Gasteiger partial charge on any atom is 0.407 e. The van der Waals surface area contributed by atoms with Crippen LogP contribution in [0.5, 0.6) is 5.75 Å². The highest BCUT2D eigenvalue weighted by molar-refractivity contribution is 7.89. The van der Waals surface area contributed by atoms with Crippen LogP contribution in [0.4, 0.5) is 4.79 Å². The molecule has 3 aliphatic rings. The Balaban J connectivity index is 1.42. The highest BCUT2D eigenvalue weighted by Crippen LogP contribution is 2.33. The lowest BCUT2D eigenvalue weighted by Crippen LogP contribution is -2.50. The number of carbonyl (C=O) groups excluding carboxylic acids is 1. The van der Waals surface area contributed by atoms with E-state index in [9.17, 15) is 23.4 Å². The average Bonchev–Trinajstić information content (AvgIpc) is 3.57. The molecule has 1 aromatic carbocycles. The molecule has 1 aliphatic carbocycles. The minimum absolute atomic E-state index is 0.0199. The predicted molar refractivity (Wildman–Crippen MR) is 123 cm³/mol. The molecule has 2 saturated heterocycles. The van der Waals surface area contributed by atoms with Gasteiger partial charge >= 0.3 is 6.09 Å². The van der Waals surface area contributed by atoms with E-state index in [1.165, 1.54) is 18.2 Å². The number of aromatic hydroxyl groups is 1. The lowest BCUT2D eigenvalue weighted by atomic mass is 10.0. The third kappa shape index (κ3) is 6.25. The number of amides is 1. The number of phenols is 1. The number of hydrogen-bond acceptors (Lipinski definition) is 9. The van der Waals surface area contributed by atoms with Gasteiger partial charge < -0.3 is 29.7 Å². The van der Waals surface area contributed by atoms with Crippen LogP contribution in [0, 0.1) is 5.92 Å². The molecule has 1 saturated carbocycles. The van der Waals surface area contributed by atoms with Crippen LogP contribution in [0.15, 0.2) is 29.2 Å². The highest BCUT2D eigenvalue weighted by Gasteiger charge is 2.44. The summed E-state index contributed by atoms with van der Waals surface area (Å²) in [5, 5.41) is 23.3. The summed E-state index contributed by atoms with van der Waals surface area (Å²) in [7, 11) is -4.19. The van der Waals surface area contributed by atoms with Gasteiger partial charge in [0.2, 0.25) is 0 Å². The molecular weight excluding hydrogens is 480 g/mol. The maximum absolute atomic E-state index is 13.3. The number of rotatable bonds is 10. The molecule has 5 atom stereocenters. The minimum Gasteiger partial charge on any atom is -0.508 e. The lowest BCUT2D eigenvalue weighted by Gasteiger charge is -2.30. The SMILES string of the molecule is CCC(NC(=O)O[C@H]1CO[C@H]2OCC[C@H]21)[C@H](O)CN(OC1CCCC1)S(=O)(=O)c1cccc(O)c1. The van der Waals surface area contributed by atoms with Crippen molar-refractivity contribution >= 4 is 16.1 Å². The summed E-state index contributed by atoms with van der Waals surface area (Å²) in [5.74, 6) is -0.220. The Bertz CT molecular complexity index is 969. The van der Waals surface area contributed by atoms with Crippen molar-refractivity contribution < 1.29 is 42.5 Å². The fourth-order valence-electron chi connectivity index (χ4n) is 4.74. The molecule has 0 aromatic heterocycles. The summed E-state index contributed by atoms with van der Waals surface area (Å²) in [6.07, 6.45) is 1.26. The second-order valence-corrected chi connectivity index (χ2v) is 11.0. The summed E-state index contributed by atoms with van der Waals surface area (Å²) in [6.45, 7) is 2.16. The third-order valence-corrected chi connectivity index (χ3v) is 8.36. The molecule has 4 rings (SSSR count). The number of alkyl carbamates (subject to hydrolysis) is 1. The van der Waals surface area contributed by atoms with Crippen molar-refractivity contribution in [2.24, 2.45) is 5.92 Å². The zero-order valence-electron chi connectivity index (χ0n) is 19.7. The summed E-state index contributed by atoms with van der Waals surface area (Å²) < 4.78 is 43.9. The molecule has 1 amide bonds. The monoisotopic (exact) mass is 514 g/mol. The van der Waals surface area contributed by atoms with Crippen LogP contribution in [-0.4, -0.2) is 79.6 Å². The molecule has 3 N–H and O–H groups in total. The Morgan fingerprint density at radius 3 is 2.74 bits per heavy atom. The van der Waals surface area contributed by atoms with Gasteiger partial charge in [0.05, 0.1) is 48.8 Å². The molecule has 0 radical (unpaired) electrons. The molecule has 2 heterocycles. The molecule has 12 heteroatoms. The number of nitrogens with one attached hydrogen (secondary N) is 1. The van der Waals surface area contributed by atoms with Crippen LogP contribution >= 0.6 is 0 Å². The van der Waals surface area contributed by atoms with Crippen molar-refractivity contribution in [3.63, 3.8) is 0 Å². The number of aliphatic hydroxyl groups excluding tert-OH is 1. The zero-order valence-corrected chi connectivity index (χ0v) is 20.6. The quantitative estimate of drug-likeness (QED) is 0.399. The fraction of sp³-hybridized carbons (Fsp3) is 0.696. The number of ether oxygens (including phenoxy) is 3. The lowest BCUT2D eigenvalue weighted by molar-refractivity contribution is -0.145. The molecule has 0 bridgehead atoms. The highest BCUT2D eigenvalue weighted by atomic mass is 32.2. The number of fused-ring (bicyclic) bond motifs is 1. The van der Waals surface area contributed by atoms with Crippen LogP contribution in [0.3, 0.4) is 0 Å². The normalized spacial score (nSPS) is 26.5. The van der Waals surface area contributed by atoms with Gasteiger partial charge in [-0.25, -0.2) is 13.2 Å². The van der Waals surface area contributed by atoms with Gasteiger partial charge in [-0.1, -0.05) is 30.3 Å². The van der Waals surface area contributed by atoms with Gasteiger partial charge in [-0.2, -0.15) is 0 Å². The summed E-state index contributed by atoms with van der Waals surface area (Å²) in [5.41, 5.74) is 0. The Labute approximate surface area is 205 Å². The van der Waals surface area contributed by atoms with Crippen molar-refractivity contribution in [2.45, 2.75) is 81.0 Å². The third-order valence-electron chi connectivity index (χ3n) is 6.74. The van der Waals surface area contributed by atoms with E-state index >= 15 is 0 Å². The molecule has 35 heavy (non-hydrogen) atoms. The van der Waals surface area contributed by atoms with Gasteiger partial charge in [0.15, 0.2) is 6.29 Å². The van der Waals surface area contributed by atoms with Gasteiger partial charge in [0.1, 0.15) is 11.9 Å². The van der Waals surface area contributed by atoms with Gasteiger partial charge in [-0.3, -0.25) is 4.84 Å². The van der Waals surface area contributed by atoms with E-state index in [-0.39, 0.29) is 35.6 Å². The number of nitrogens with zero attached hydrogens (tertiary/aromatic N) is 1. The second-order valence-electron chi connectivity index (χ2n) is 9.19. The van der Waals surface area contributed by atoms with E-state index < -0.39 is 40.9 Å². The number of hydroxylamine groups is 1. The van der Waals surface area contributed by atoms with E-state index in [0.29, 0.717) is 25.9 Å². The molecule has 11 nitrogen and oxygen atoms in total. The molecule has 1 aromatic rings. The zero-order chi connectivity index (χ0) is 25.0. The van der Waals surface area contributed by atoms with Crippen molar-refractivity contribution in [1.82, 2.24) is 9.79 Å². The average molecular weight is 515 g/mol. The van der Waals surface area contributed by atoms with E-state index in [1.54, 1.807) is 6.92 Å². The summed E-state index contributed by atoms with van der Waals surface area (Å²) in [6, 6.07) is 4.49. The van der Waals surface area contributed by atoms with E-state index in [4.69, 9.17) is 19.0 Å². The van der Waals surface area contributed by atoms with Gasteiger partial charge in [-0.15, -0.1) is 0 Å². The first-order valence-corrected chi connectivity index (χ1v) is 13.6. The number of carbonyl (C=O) groups is 1. The minimum atomic E-state index is -4.19. The van der Waals surface area contributed by atoms with Crippen LogP contribution in [0.1, 0.15) is 45.4 Å². The first-order chi connectivity index (χ1) is 16.8.